The van der Waals surface area contributed by atoms with Crippen molar-refractivity contribution in [3.05, 3.63) is 77.1 Å². The van der Waals surface area contributed by atoms with Gasteiger partial charge in [-0.15, -0.1) is 0 Å². The molecule has 1 amide bonds. The number of amides is 1. The number of furan rings is 1. The van der Waals surface area contributed by atoms with E-state index in [0.29, 0.717) is 16.5 Å². The zero-order valence-corrected chi connectivity index (χ0v) is 16.0. The van der Waals surface area contributed by atoms with Gasteiger partial charge in [-0.25, -0.2) is 14.2 Å². The van der Waals surface area contributed by atoms with Gasteiger partial charge in [0, 0.05) is 6.20 Å². The summed E-state index contributed by atoms with van der Waals surface area (Å²) in [6, 6.07) is 11.5. The second-order valence-electron chi connectivity index (χ2n) is 5.91. The van der Waals surface area contributed by atoms with Crippen molar-refractivity contribution in [2.24, 2.45) is 0 Å². The van der Waals surface area contributed by atoms with Crippen molar-refractivity contribution >= 4 is 29.3 Å². The van der Waals surface area contributed by atoms with E-state index in [1.165, 1.54) is 49.5 Å². The van der Waals surface area contributed by atoms with Crippen molar-refractivity contribution in [2.75, 3.05) is 5.32 Å². The van der Waals surface area contributed by atoms with Gasteiger partial charge in [0.2, 0.25) is 5.76 Å². The molecule has 29 heavy (non-hydrogen) atoms. The summed E-state index contributed by atoms with van der Waals surface area (Å²) < 4.78 is 28.8. The summed E-state index contributed by atoms with van der Waals surface area (Å²) in [5, 5.41) is 2.94. The van der Waals surface area contributed by atoms with E-state index in [9.17, 15) is 14.0 Å². The summed E-state index contributed by atoms with van der Waals surface area (Å²) in [5.41, 5.74) is 0. The van der Waals surface area contributed by atoms with E-state index in [1.807, 2.05) is 0 Å². The summed E-state index contributed by atoms with van der Waals surface area (Å²) in [6.07, 6.45) is 0.302. The Morgan fingerprint density at radius 3 is 2.62 bits per heavy atom. The van der Waals surface area contributed by atoms with Gasteiger partial charge in [0.1, 0.15) is 29.8 Å². The monoisotopic (exact) mass is 418 g/mol. The number of carbonyl (C=O) groups excluding carboxylic acids is 2. The fourth-order valence-corrected chi connectivity index (χ4v) is 2.31. The smallest absolute Gasteiger partial charge is 0.375 e. The third kappa shape index (κ3) is 5.79. The number of hydrogen-bond acceptors (Lipinski definition) is 6. The Kier molecular flexibility index (Phi) is 6.46. The van der Waals surface area contributed by atoms with Crippen LogP contribution in [0.5, 0.6) is 5.75 Å². The molecule has 9 heteroatoms. The normalized spacial score (nSPS) is 11.6. The molecule has 0 saturated heterocycles. The molecule has 1 atom stereocenters. The number of aromatic nitrogens is 1. The molecule has 7 nitrogen and oxygen atoms in total. The van der Waals surface area contributed by atoms with Crippen molar-refractivity contribution < 1.29 is 27.9 Å². The Hall–Kier alpha value is -3.39. The quantitative estimate of drug-likeness (QED) is 0.577. The lowest BCUT2D eigenvalue weighted by Crippen LogP contribution is -2.30. The van der Waals surface area contributed by atoms with Gasteiger partial charge in [-0.1, -0.05) is 11.6 Å². The molecule has 0 aliphatic rings. The van der Waals surface area contributed by atoms with E-state index >= 15 is 0 Å². The van der Waals surface area contributed by atoms with Gasteiger partial charge < -0.3 is 19.2 Å². The highest BCUT2D eigenvalue weighted by molar-refractivity contribution is 6.30. The maximum atomic E-state index is 12.9. The molecule has 0 saturated carbocycles. The van der Waals surface area contributed by atoms with E-state index in [4.69, 9.17) is 25.5 Å². The minimum absolute atomic E-state index is 0.0389. The van der Waals surface area contributed by atoms with Gasteiger partial charge in [-0.3, -0.25) is 4.79 Å². The van der Waals surface area contributed by atoms with Crippen LogP contribution in [-0.4, -0.2) is 23.0 Å². The Morgan fingerprint density at radius 2 is 1.93 bits per heavy atom. The first kappa shape index (κ1) is 20.3. The van der Waals surface area contributed by atoms with Crippen molar-refractivity contribution in [1.29, 1.82) is 0 Å². The molecular weight excluding hydrogens is 403 g/mol. The zero-order chi connectivity index (χ0) is 20.8. The Labute approximate surface area is 170 Å². The summed E-state index contributed by atoms with van der Waals surface area (Å²) in [6.45, 7) is 1.46. The minimum atomic E-state index is -1.08. The number of benzene rings is 1. The third-order valence-corrected chi connectivity index (χ3v) is 3.91. The maximum Gasteiger partial charge on any atom is 0.375 e. The largest absolute Gasteiger partial charge is 0.486 e. The van der Waals surface area contributed by atoms with Crippen LogP contribution in [0.1, 0.15) is 23.2 Å². The standard InChI is InChI=1S/C20H16ClFN2O5/c1-12(19(25)24-18-9-2-13(21)10-23-18)28-20(26)17-8-7-16(29-17)11-27-15-5-3-14(22)4-6-15/h2-10,12H,11H2,1H3,(H,23,24,25). The number of esters is 1. The number of rotatable bonds is 7. The van der Waals surface area contributed by atoms with Crippen molar-refractivity contribution in [1.82, 2.24) is 4.98 Å². The second kappa shape index (κ2) is 9.20. The topological polar surface area (TPSA) is 90.7 Å². The van der Waals surface area contributed by atoms with E-state index in [2.05, 4.69) is 10.3 Å². The third-order valence-electron chi connectivity index (χ3n) is 3.69. The van der Waals surface area contributed by atoms with Gasteiger partial charge in [-0.05, 0) is 55.5 Å². The highest BCUT2D eigenvalue weighted by Crippen LogP contribution is 2.16. The van der Waals surface area contributed by atoms with Crippen molar-refractivity contribution in [2.45, 2.75) is 19.6 Å². The Balaban J connectivity index is 1.51. The SMILES string of the molecule is CC(OC(=O)c1ccc(COc2ccc(F)cc2)o1)C(=O)Nc1ccc(Cl)cn1. The number of nitrogens with zero attached hydrogens (tertiary/aromatic N) is 1. The number of hydrogen-bond donors (Lipinski definition) is 1. The fourth-order valence-electron chi connectivity index (χ4n) is 2.20. The van der Waals surface area contributed by atoms with Crippen LogP contribution in [0.2, 0.25) is 5.02 Å². The van der Waals surface area contributed by atoms with Crippen LogP contribution in [0.3, 0.4) is 0 Å². The predicted octanol–water partition coefficient (Wildman–Crippen LogP) is 4.23. The maximum absolute atomic E-state index is 12.9. The molecule has 0 aliphatic heterocycles. The first-order chi connectivity index (χ1) is 13.9. The predicted molar refractivity (Wildman–Crippen MR) is 102 cm³/mol. The molecular formula is C20H16ClFN2O5. The molecule has 3 aromatic rings. The van der Waals surface area contributed by atoms with Gasteiger partial charge >= 0.3 is 5.97 Å². The van der Waals surface area contributed by atoms with E-state index in [-0.39, 0.29) is 24.0 Å². The van der Waals surface area contributed by atoms with Crippen LogP contribution in [0.15, 0.2) is 59.1 Å². The molecule has 1 N–H and O–H groups in total. The van der Waals surface area contributed by atoms with E-state index in [0.717, 1.165) is 0 Å². The molecule has 0 aliphatic carbocycles. The van der Waals surface area contributed by atoms with Gasteiger partial charge in [0.15, 0.2) is 6.10 Å². The van der Waals surface area contributed by atoms with Crippen molar-refractivity contribution in [3.8, 4) is 5.75 Å². The van der Waals surface area contributed by atoms with Crippen LogP contribution < -0.4 is 10.1 Å². The highest BCUT2D eigenvalue weighted by Gasteiger charge is 2.21. The second-order valence-corrected chi connectivity index (χ2v) is 6.34. The lowest BCUT2D eigenvalue weighted by atomic mass is 10.3. The molecule has 0 bridgehead atoms. The molecule has 0 spiro atoms. The van der Waals surface area contributed by atoms with Crippen LogP contribution >= 0.6 is 11.6 Å². The van der Waals surface area contributed by atoms with Gasteiger partial charge in [-0.2, -0.15) is 0 Å². The first-order valence-corrected chi connectivity index (χ1v) is 8.89. The molecule has 2 aromatic heterocycles. The fraction of sp³-hybridized carbons (Fsp3) is 0.150. The molecule has 0 radical (unpaired) electrons. The first-order valence-electron chi connectivity index (χ1n) is 8.51. The van der Waals surface area contributed by atoms with Crippen molar-refractivity contribution in [3.63, 3.8) is 0 Å². The molecule has 1 unspecified atom stereocenters. The van der Waals surface area contributed by atoms with Crippen LogP contribution in [0.25, 0.3) is 0 Å². The van der Waals surface area contributed by atoms with Gasteiger partial charge in [0.05, 0.1) is 5.02 Å². The van der Waals surface area contributed by atoms with Crippen LogP contribution in [-0.2, 0) is 16.1 Å². The minimum Gasteiger partial charge on any atom is -0.486 e. The molecule has 150 valence electrons. The molecule has 0 fully saturated rings. The van der Waals surface area contributed by atoms with Gasteiger partial charge in [0.25, 0.3) is 5.91 Å². The summed E-state index contributed by atoms with van der Waals surface area (Å²) in [5.74, 6) is -0.709. The lowest BCUT2D eigenvalue weighted by Gasteiger charge is -2.12. The number of pyridine rings is 1. The highest BCUT2D eigenvalue weighted by atomic mass is 35.5. The molecule has 3 rings (SSSR count). The summed E-state index contributed by atoms with van der Waals surface area (Å²) in [7, 11) is 0. The number of ether oxygens (including phenoxy) is 2. The lowest BCUT2D eigenvalue weighted by molar-refractivity contribution is -0.123. The number of anilines is 1. The average molecular weight is 419 g/mol. The summed E-state index contributed by atoms with van der Waals surface area (Å²) >= 11 is 5.73. The molecule has 2 heterocycles. The van der Waals surface area contributed by atoms with Crippen LogP contribution in [0.4, 0.5) is 10.2 Å². The number of halogens is 2. The number of nitrogens with one attached hydrogen (secondary N) is 1. The summed E-state index contributed by atoms with van der Waals surface area (Å²) in [4.78, 5) is 28.2. The van der Waals surface area contributed by atoms with E-state index < -0.39 is 18.0 Å². The Bertz CT molecular complexity index is 989. The Morgan fingerprint density at radius 1 is 1.17 bits per heavy atom. The molecule has 1 aromatic carbocycles. The average Bonchev–Trinajstić information content (AvgIpc) is 3.18. The zero-order valence-electron chi connectivity index (χ0n) is 15.2. The van der Waals surface area contributed by atoms with E-state index in [1.54, 1.807) is 12.1 Å². The van der Waals surface area contributed by atoms with Crippen LogP contribution in [0, 0.1) is 5.82 Å². The number of carbonyl (C=O) groups is 2.